The molecule has 1 fully saturated rings. The van der Waals surface area contributed by atoms with Gasteiger partial charge in [-0.05, 0) is 49.9 Å². The molecule has 0 saturated carbocycles. The Bertz CT molecular complexity index is 1220. The number of thioether (sulfide) groups is 1. The van der Waals surface area contributed by atoms with Crippen molar-refractivity contribution < 1.29 is 17.6 Å². The van der Waals surface area contributed by atoms with Crippen molar-refractivity contribution in [3.05, 3.63) is 59.7 Å². The van der Waals surface area contributed by atoms with E-state index >= 15 is 0 Å². The van der Waals surface area contributed by atoms with Gasteiger partial charge in [0.05, 0.1) is 10.1 Å². The molecule has 7 nitrogen and oxygen atoms in total. The minimum atomic E-state index is -3.56. The molecule has 0 unspecified atom stereocenters. The Balaban J connectivity index is 1.48. The quantitative estimate of drug-likeness (QED) is 0.333. The van der Waals surface area contributed by atoms with E-state index in [-0.39, 0.29) is 21.8 Å². The van der Waals surface area contributed by atoms with Crippen LogP contribution in [0.3, 0.4) is 0 Å². The second-order valence-electron chi connectivity index (χ2n) is 8.04. The number of aromatic nitrogens is 2. The predicted octanol–water partition coefficient (Wildman–Crippen LogP) is 4.84. The molecule has 0 amide bonds. The lowest BCUT2D eigenvalue weighted by molar-refractivity contribution is 0.0993. The van der Waals surface area contributed by atoms with Crippen molar-refractivity contribution in [3.8, 4) is 11.5 Å². The Labute approximate surface area is 198 Å². The summed E-state index contributed by atoms with van der Waals surface area (Å²) in [7, 11) is -3.56. The number of sulfonamides is 1. The van der Waals surface area contributed by atoms with Crippen molar-refractivity contribution in [2.45, 2.75) is 54.9 Å². The number of carbonyl (C=O) groups is 1. The Kier molecular flexibility index (Phi) is 7.31. The average Bonchev–Trinajstić information content (AvgIpc) is 3.32. The first-order chi connectivity index (χ1) is 15.9. The molecule has 2 heterocycles. The molecular formula is C24H27N3O4S2. The zero-order valence-corrected chi connectivity index (χ0v) is 20.4. The Morgan fingerprint density at radius 1 is 1.09 bits per heavy atom. The van der Waals surface area contributed by atoms with Crippen LogP contribution in [-0.2, 0) is 16.4 Å². The largest absolute Gasteiger partial charge is 0.411 e. The first-order valence-electron chi connectivity index (χ1n) is 11.1. The second-order valence-corrected chi connectivity index (χ2v) is 11.3. The number of piperidine rings is 1. The normalized spacial score (nSPS) is 15.9. The van der Waals surface area contributed by atoms with Crippen molar-refractivity contribution in [3.63, 3.8) is 0 Å². The van der Waals surface area contributed by atoms with Gasteiger partial charge in [0, 0.05) is 24.2 Å². The third-order valence-electron chi connectivity index (χ3n) is 5.73. The van der Waals surface area contributed by atoms with E-state index in [0.717, 1.165) is 25.7 Å². The van der Waals surface area contributed by atoms with E-state index in [9.17, 15) is 13.2 Å². The molecule has 3 aromatic rings. The summed E-state index contributed by atoms with van der Waals surface area (Å²) >= 11 is 1.19. The van der Waals surface area contributed by atoms with Gasteiger partial charge in [-0.3, -0.25) is 4.79 Å². The molecule has 0 spiro atoms. The van der Waals surface area contributed by atoms with Crippen LogP contribution in [0.15, 0.2) is 63.1 Å². The Morgan fingerprint density at radius 3 is 2.52 bits per heavy atom. The lowest BCUT2D eigenvalue weighted by Gasteiger charge is -2.25. The van der Waals surface area contributed by atoms with Gasteiger partial charge in [0.15, 0.2) is 5.78 Å². The van der Waals surface area contributed by atoms with Crippen LogP contribution < -0.4 is 0 Å². The minimum Gasteiger partial charge on any atom is -0.411 e. The topological polar surface area (TPSA) is 93.4 Å². The third-order valence-corrected chi connectivity index (χ3v) is 8.56. The van der Waals surface area contributed by atoms with Gasteiger partial charge in [-0.15, -0.1) is 10.2 Å². The SMILES string of the molecule is CCc1ccc(C(=O)[C@H](C)Sc2nnc(-c3cccc(S(=O)(=O)N4CCCCC4)c3)o2)cc1. The highest BCUT2D eigenvalue weighted by Crippen LogP contribution is 2.29. The van der Waals surface area contributed by atoms with E-state index in [4.69, 9.17) is 4.42 Å². The summed E-state index contributed by atoms with van der Waals surface area (Å²) in [6.07, 6.45) is 3.73. The summed E-state index contributed by atoms with van der Waals surface area (Å²) in [6, 6.07) is 14.2. The maximum Gasteiger partial charge on any atom is 0.277 e. The lowest BCUT2D eigenvalue weighted by atomic mass is 10.1. The molecule has 0 N–H and O–H groups in total. The van der Waals surface area contributed by atoms with E-state index in [1.54, 1.807) is 31.2 Å². The van der Waals surface area contributed by atoms with Crippen LogP contribution in [0.2, 0.25) is 0 Å². The number of Topliss-reactive ketones (excluding diaryl/α,β-unsaturated/α-hetero) is 1. The van der Waals surface area contributed by atoms with Crippen molar-refractivity contribution in [1.29, 1.82) is 0 Å². The lowest BCUT2D eigenvalue weighted by Crippen LogP contribution is -2.35. The number of aryl methyl sites for hydroxylation is 1. The summed E-state index contributed by atoms with van der Waals surface area (Å²) in [6.45, 7) is 4.96. The number of hydrogen-bond acceptors (Lipinski definition) is 7. The van der Waals surface area contributed by atoms with Crippen LogP contribution in [0, 0.1) is 0 Å². The number of rotatable bonds is 8. The van der Waals surface area contributed by atoms with Gasteiger partial charge in [-0.1, -0.05) is 55.4 Å². The zero-order valence-electron chi connectivity index (χ0n) is 18.7. The summed E-state index contributed by atoms with van der Waals surface area (Å²) in [5.41, 5.74) is 2.35. The van der Waals surface area contributed by atoms with Crippen molar-refractivity contribution in [2.75, 3.05) is 13.1 Å². The van der Waals surface area contributed by atoms with Gasteiger partial charge in [-0.2, -0.15) is 4.31 Å². The van der Waals surface area contributed by atoms with Crippen LogP contribution in [-0.4, -0.2) is 47.0 Å². The molecule has 1 aromatic heterocycles. The average molecular weight is 486 g/mol. The first kappa shape index (κ1) is 23.7. The van der Waals surface area contributed by atoms with Crippen molar-refractivity contribution in [1.82, 2.24) is 14.5 Å². The maximum absolute atomic E-state index is 13.0. The standard InChI is InChI=1S/C24H27N3O4S2/c1-3-18-10-12-19(13-11-18)22(28)17(2)32-24-26-25-23(31-24)20-8-7-9-21(16-20)33(29,30)27-14-5-4-6-15-27/h7-13,16-17H,3-6,14-15H2,1-2H3/t17-/m0/s1. The molecule has 2 aromatic carbocycles. The molecule has 4 rings (SSSR count). The molecule has 0 aliphatic carbocycles. The number of hydrogen-bond donors (Lipinski definition) is 0. The summed E-state index contributed by atoms with van der Waals surface area (Å²) < 4.78 is 33.3. The molecule has 174 valence electrons. The van der Waals surface area contributed by atoms with E-state index in [0.29, 0.717) is 24.2 Å². The number of nitrogens with zero attached hydrogens (tertiary/aromatic N) is 3. The number of ketones is 1. The monoisotopic (exact) mass is 485 g/mol. The van der Waals surface area contributed by atoms with Gasteiger partial charge < -0.3 is 4.42 Å². The van der Waals surface area contributed by atoms with Gasteiger partial charge in [0.2, 0.25) is 15.9 Å². The van der Waals surface area contributed by atoms with E-state index in [1.165, 1.54) is 21.6 Å². The van der Waals surface area contributed by atoms with E-state index in [1.807, 2.05) is 24.3 Å². The number of benzene rings is 2. The molecule has 1 aliphatic heterocycles. The molecular weight excluding hydrogens is 458 g/mol. The summed E-state index contributed by atoms with van der Waals surface area (Å²) in [4.78, 5) is 13.0. The highest BCUT2D eigenvalue weighted by Gasteiger charge is 2.27. The van der Waals surface area contributed by atoms with Gasteiger partial charge >= 0.3 is 0 Å². The first-order valence-corrected chi connectivity index (χ1v) is 13.4. The van der Waals surface area contributed by atoms with Gasteiger partial charge in [-0.25, -0.2) is 8.42 Å². The van der Waals surface area contributed by atoms with Crippen molar-refractivity contribution >= 4 is 27.6 Å². The molecule has 0 radical (unpaired) electrons. The highest BCUT2D eigenvalue weighted by molar-refractivity contribution is 8.00. The molecule has 9 heteroatoms. The summed E-state index contributed by atoms with van der Waals surface area (Å²) in [5.74, 6) is 0.206. The smallest absolute Gasteiger partial charge is 0.277 e. The van der Waals surface area contributed by atoms with Gasteiger partial charge in [0.1, 0.15) is 0 Å². The molecule has 1 aliphatic rings. The van der Waals surface area contributed by atoms with Crippen LogP contribution in [0.5, 0.6) is 0 Å². The van der Waals surface area contributed by atoms with Crippen LogP contribution in [0.4, 0.5) is 0 Å². The van der Waals surface area contributed by atoms with E-state index < -0.39 is 15.3 Å². The van der Waals surface area contributed by atoms with Crippen LogP contribution in [0.25, 0.3) is 11.5 Å². The Morgan fingerprint density at radius 2 is 1.82 bits per heavy atom. The van der Waals surface area contributed by atoms with E-state index in [2.05, 4.69) is 17.1 Å². The van der Waals surface area contributed by atoms with Gasteiger partial charge in [0.25, 0.3) is 5.22 Å². The summed E-state index contributed by atoms with van der Waals surface area (Å²) in [5, 5.41) is 7.98. The maximum atomic E-state index is 13.0. The van der Waals surface area contributed by atoms with Crippen LogP contribution in [0.1, 0.15) is 49.0 Å². The molecule has 1 atom stereocenters. The number of carbonyl (C=O) groups excluding carboxylic acids is 1. The molecule has 33 heavy (non-hydrogen) atoms. The molecule has 0 bridgehead atoms. The Hall–Kier alpha value is -2.49. The highest BCUT2D eigenvalue weighted by atomic mass is 32.2. The van der Waals surface area contributed by atoms with Crippen molar-refractivity contribution in [2.24, 2.45) is 0 Å². The predicted molar refractivity (Wildman–Crippen MR) is 128 cm³/mol. The molecule has 1 saturated heterocycles. The fourth-order valence-corrected chi connectivity index (χ4v) is 6.09. The third kappa shape index (κ3) is 5.37. The van der Waals surface area contributed by atoms with Crippen LogP contribution >= 0.6 is 11.8 Å². The fraction of sp³-hybridized carbons (Fsp3) is 0.375. The minimum absolute atomic E-state index is 0.0166. The zero-order chi connectivity index (χ0) is 23.4. The fourth-order valence-electron chi connectivity index (χ4n) is 3.76. The second kappa shape index (κ2) is 10.2.